The van der Waals surface area contributed by atoms with Crippen LogP contribution in [0.1, 0.15) is 79.2 Å². The first-order valence-electron chi connectivity index (χ1n) is 16.2. The van der Waals surface area contributed by atoms with Crippen LogP contribution in [0, 0.1) is 0 Å². The van der Waals surface area contributed by atoms with Crippen molar-refractivity contribution in [2.24, 2.45) is 0 Å². The molecule has 0 aliphatic carbocycles. The quantitative estimate of drug-likeness (QED) is 0.0548. The van der Waals surface area contributed by atoms with Crippen LogP contribution in [-0.4, -0.2) is 56.0 Å². The minimum atomic E-state index is -0.977. The number of halogens is 1. The molecular formula is C37H42ClN5O5. The van der Waals surface area contributed by atoms with Gasteiger partial charge in [0.25, 0.3) is 0 Å². The Morgan fingerprint density at radius 1 is 1.10 bits per heavy atom. The monoisotopic (exact) mass is 671 g/mol. The number of amides is 1. The number of benzene rings is 3. The van der Waals surface area contributed by atoms with Crippen LogP contribution in [0.5, 0.6) is 5.75 Å². The van der Waals surface area contributed by atoms with Crippen LogP contribution in [0.3, 0.4) is 0 Å². The summed E-state index contributed by atoms with van der Waals surface area (Å²) in [7, 11) is 0. The average molecular weight is 672 g/mol. The molecule has 2 heterocycles. The number of unbranched alkanes of at least 4 members (excludes halogenated alkanes) is 1. The summed E-state index contributed by atoms with van der Waals surface area (Å²) in [5.74, 6) is 0.489. The van der Waals surface area contributed by atoms with Gasteiger partial charge in [-0.1, -0.05) is 73.5 Å². The molecule has 5 N–H and O–H groups in total. The number of aryl methyl sites for hydroxylation is 1. The average Bonchev–Trinajstić information content (AvgIpc) is 3.63. The van der Waals surface area contributed by atoms with Gasteiger partial charge in [-0.15, -0.1) is 0 Å². The van der Waals surface area contributed by atoms with Gasteiger partial charge in [-0.05, 0) is 61.2 Å². The molecule has 5 rings (SSSR count). The van der Waals surface area contributed by atoms with Gasteiger partial charge in [-0.3, -0.25) is 10.1 Å². The van der Waals surface area contributed by atoms with Crippen molar-refractivity contribution in [3.05, 3.63) is 106 Å². The van der Waals surface area contributed by atoms with E-state index in [0.717, 1.165) is 40.7 Å². The molecule has 0 spiro atoms. The molecule has 2 aromatic heterocycles. The second kappa shape index (κ2) is 16.0. The lowest BCUT2D eigenvalue weighted by molar-refractivity contribution is -0.110. The molecule has 0 aliphatic rings. The minimum Gasteiger partial charge on any atom is -0.493 e. The lowest BCUT2D eigenvalue weighted by atomic mass is 9.98. The van der Waals surface area contributed by atoms with Crippen LogP contribution in [0.15, 0.2) is 72.8 Å². The van der Waals surface area contributed by atoms with E-state index in [1.165, 1.54) is 0 Å². The fourth-order valence-electron chi connectivity index (χ4n) is 5.92. The van der Waals surface area contributed by atoms with Gasteiger partial charge in [0, 0.05) is 42.0 Å². The van der Waals surface area contributed by atoms with E-state index in [0.29, 0.717) is 60.3 Å². The summed E-state index contributed by atoms with van der Waals surface area (Å²) in [5.41, 5.74) is 4.83. The number of aromatic nitrogens is 3. The molecule has 3 aromatic carbocycles. The zero-order chi connectivity index (χ0) is 34.2. The number of nitrogens with zero attached hydrogens (tertiary/aromatic N) is 2. The molecule has 0 saturated carbocycles. The third-order valence-electron chi connectivity index (χ3n) is 8.20. The number of fused-ring (bicyclic) bond motifs is 1. The zero-order valence-electron chi connectivity index (χ0n) is 27.4. The first-order valence-corrected chi connectivity index (χ1v) is 16.6. The molecule has 5 aromatic rings. The molecule has 11 heteroatoms. The molecule has 10 nitrogen and oxygen atoms in total. The van der Waals surface area contributed by atoms with Crippen LogP contribution >= 0.6 is 11.6 Å². The Labute approximate surface area is 285 Å². The number of nitrogens with one attached hydrogen (secondary N) is 3. The Morgan fingerprint density at radius 2 is 1.88 bits per heavy atom. The summed E-state index contributed by atoms with van der Waals surface area (Å²) >= 11 is 6.88. The van der Waals surface area contributed by atoms with Gasteiger partial charge in [0.1, 0.15) is 23.8 Å². The van der Waals surface area contributed by atoms with Gasteiger partial charge in [-0.25, -0.2) is 9.78 Å². The summed E-state index contributed by atoms with van der Waals surface area (Å²) in [6.45, 7) is 6.82. The van der Waals surface area contributed by atoms with Crippen molar-refractivity contribution in [2.45, 2.75) is 71.3 Å². The number of hydrogen-bond donors (Lipinski definition) is 5. The number of H-pyrrole nitrogens is 1. The van der Waals surface area contributed by atoms with Gasteiger partial charge in [0.05, 0.1) is 17.9 Å². The predicted octanol–water partition coefficient (Wildman–Crippen LogP) is 6.69. The summed E-state index contributed by atoms with van der Waals surface area (Å²) in [6.07, 6.45) is 3.00. The molecular weight excluding hydrogens is 630 g/mol. The van der Waals surface area contributed by atoms with Crippen molar-refractivity contribution < 1.29 is 24.5 Å². The molecule has 48 heavy (non-hydrogen) atoms. The topological polar surface area (TPSA) is 142 Å². The Morgan fingerprint density at radius 3 is 2.58 bits per heavy atom. The minimum absolute atomic E-state index is 0.154. The fraction of sp³-hybridized carbons (Fsp3) is 0.324. The van der Waals surface area contributed by atoms with E-state index < -0.39 is 18.2 Å². The molecule has 0 saturated heterocycles. The van der Waals surface area contributed by atoms with E-state index in [1.807, 2.05) is 68.4 Å². The summed E-state index contributed by atoms with van der Waals surface area (Å²) in [5, 5.41) is 27.0. The van der Waals surface area contributed by atoms with E-state index in [4.69, 9.17) is 21.3 Å². The maximum atomic E-state index is 12.0. The highest BCUT2D eigenvalue weighted by Gasteiger charge is 2.27. The van der Waals surface area contributed by atoms with E-state index in [2.05, 4.69) is 27.1 Å². The Hall–Kier alpha value is -4.64. The number of carbonyl (C=O) groups excluding carboxylic acids is 1. The lowest BCUT2D eigenvalue weighted by Gasteiger charge is -2.20. The number of aromatic amines is 1. The van der Waals surface area contributed by atoms with Crippen LogP contribution < -0.4 is 15.4 Å². The number of carboxylic acid groups (broad SMARTS) is 1. The molecule has 0 aliphatic heterocycles. The maximum Gasteiger partial charge on any atom is 0.336 e. The summed E-state index contributed by atoms with van der Waals surface area (Å²) in [4.78, 5) is 32.0. The zero-order valence-corrected chi connectivity index (χ0v) is 28.1. The molecule has 2 unspecified atom stereocenters. The van der Waals surface area contributed by atoms with Crippen molar-refractivity contribution in [1.82, 2.24) is 25.2 Å². The standard InChI is InChI=1S/C37H42ClN5O5/c1-4-5-13-32-42-36(38)35(43(32)21-24-14-16-25(17-15-24)26-9-6-7-10-27(26)37(46)47)34(39-22-44)30-20-28-29(41-30)11-8-12-31(28)48-19-18-33(45)40-23(2)3/h6-12,14-17,20,22-23,33-34,40-41,45H,4-5,13,18-19,21H2,1-3H3,(H,39,44)(H,46,47). The van der Waals surface area contributed by atoms with E-state index in [-0.39, 0.29) is 11.6 Å². The van der Waals surface area contributed by atoms with E-state index in [9.17, 15) is 19.8 Å². The third-order valence-corrected chi connectivity index (χ3v) is 8.47. The molecule has 0 radical (unpaired) electrons. The lowest BCUT2D eigenvalue weighted by Crippen LogP contribution is -2.35. The van der Waals surface area contributed by atoms with Crippen LogP contribution in [-0.2, 0) is 17.8 Å². The van der Waals surface area contributed by atoms with Gasteiger partial charge >= 0.3 is 5.97 Å². The summed E-state index contributed by atoms with van der Waals surface area (Å²) in [6, 6.07) is 21.9. The SMILES string of the molecule is CCCCc1nc(Cl)c(C(NC=O)c2cc3c(OCCC(O)NC(C)C)cccc3[nH]2)n1Cc1ccc(-c2ccccc2C(=O)O)cc1. The highest BCUT2D eigenvalue weighted by Crippen LogP contribution is 2.35. The first-order chi connectivity index (χ1) is 23.2. The second-order valence-electron chi connectivity index (χ2n) is 12.1. The Kier molecular flexibility index (Phi) is 11.5. The highest BCUT2D eigenvalue weighted by atomic mass is 35.5. The number of hydrogen-bond acceptors (Lipinski definition) is 6. The number of ether oxygens (including phenoxy) is 1. The summed E-state index contributed by atoms with van der Waals surface area (Å²) < 4.78 is 8.14. The number of aliphatic hydroxyl groups excluding tert-OH is 1. The van der Waals surface area contributed by atoms with Crippen molar-refractivity contribution in [1.29, 1.82) is 0 Å². The predicted molar refractivity (Wildman–Crippen MR) is 188 cm³/mol. The van der Waals surface area contributed by atoms with Crippen molar-refractivity contribution in [3.63, 3.8) is 0 Å². The number of carbonyl (C=O) groups is 2. The second-order valence-corrected chi connectivity index (χ2v) is 12.4. The third kappa shape index (κ3) is 8.07. The number of aromatic carboxylic acids is 1. The van der Waals surface area contributed by atoms with Gasteiger partial charge in [0.15, 0.2) is 5.15 Å². The van der Waals surface area contributed by atoms with Crippen LogP contribution in [0.25, 0.3) is 22.0 Å². The normalized spacial score (nSPS) is 12.7. The maximum absolute atomic E-state index is 12.0. The van der Waals surface area contributed by atoms with Gasteiger partial charge < -0.3 is 29.8 Å². The van der Waals surface area contributed by atoms with E-state index >= 15 is 0 Å². The molecule has 0 fully saturated rings. The number of carboxylic acids is 1. The first kappa shape index (κ1) is 34.7. The number of aliphatic hydroxyl groups is 1. The van der Waals surface area contributed by atoms with Crippen molar-refractivity contribution in [2.75, 3.05) is 6.61 Å². The molecule has 252 valence electrons. The molecule has 2 atom stereocenters. The van der Waals surface area contributed by atoms with Crippen molar-refractivity contribution in [3.8, 4) is 16.9 Å². The van der Waals surface area contributed by atoms with Crippen molar-refractivity contribution >= 4 is 34.9 Å². The van der Waals surface area contributed by atoms with Crippen LogP contribution in [0.4, 0.5) is 0 Å². The number of rotatable bonds is 17. The van der Waals surface area contributed by atoms with Gasteiger partial charge in [0.2, 0.25) is 6.41 Å². The Bertz CT molecular complexity index is 1850. The van der Waals surface area contributed by atoms with E-state index in [1.54, 1.807) is 18.2 Å². The molecule has 1 amide bonds. The number of imidazole rings is 1. The smallest absolute Gasteiger partial charge is 0.336 e. The fourth-order valence-corrected chi connectivity index (χ4v) is 6.22. The molecule has 0 bridgehead atoms. The largest absolute Gasteiger partial charge is 0.493 e. The Balaban J connectivity index is 1.48. The van der Waals surface area contributed by atoms with Crippen LogP contribution in [0.2, 0.25) is 5.15 Å². The highest BCUT2D eigenvalue weighted by molar-refractivity contribution is 6.30. The van der Waals surface area contributed by atoms with Gasteiger partial charge in [-0.2, -0.15) is 0 Å².